The van der Waals surface area contributed by atoms with Crippen LogP contribution in [0.4, 0.5) is 4.39 Å². The monoisotopic (exact) mass is 248 g/mol. The topological polar surface area (TPSA) is 44.1 Å². The maximum atomic E-state index is 13.9. The second kappa shape index (κ2) is 4.60. The number of aromatic nitrogens is 2. The molecule has 0 spiro atoms. The maximum absolute atomic E-state index is 13.9. The predicted octanol–water partition coefficient (Wildman–Crippen LogP) is 2.11. The van der Waals surface area contributed by atoms with Gasteiger partial charge in [-0.1, -0.05) is 12.1 Å². The minimum atomic E-state index is -0.509. The molecule has 2 rings (SSSR count). The Morgan fingerprint density at radius 1 is 1.44 bits per heavy atom. The average Bonchev–Trinajstić information content (AvgIpc) is 2.73. The van der Waals surface area contributed by atoms with Crippen LogP contribution in [0.25, 0.3) is 0 Å². The number of hydrogen-bond donors (Lipinski definition) is 0. The highest BCUT2D eigenvalue weighted by atomic mass is 19.1. The van der Waals surface area contributed by atoms with E-state index in [4.69, 9.17) is 4.74 Å². The summed E-state index contributed by atoms with van der Waals surface area (Å²) in [5.74, 6) is -0.609. The van der Waals surface area contributed by atoms with Gasteiger partial charge in [-0.3, -0.25) is 9.48 Å². The fourth-order valence-corrected chi connectivity index (χ4v) is 1.78. The summed E-state index contributed by atoms with van der Waals surface area (Å²) in [6.45, 7) is 1.62. The molecule has 0 aliphatic heterocycles. The number of carbonyl (C=O) groups is 1. The van der Waals surface area contributed by atoms with Crippen LogP contribution in [0.15, 0.2) is 24.4 Å². The molecule has 2 aromatic rings. The number of ether oxygens (including phenoxy) is 1. The number of carbonyl (C=O) groups excluding carboxylic acids is 1. The fourth-order valence-electron chi connectivity index (χ4n) is 1.78. The number of halogens is 1. The van der Waals surface area contributed by atoms with E-state index >= 15 is 0 Å². The number of hydrogen-bond acceptors (Lipinski definition) is 3. The first-order chi connectivity index (χ1) is 8.56. The van der Waals surface area contributed by atoms with Crippen molar-refractivity contribution in [2.24, 2.45) is 7.05 Å². The molecule has 0 fully saturated rings. The largest absolute Gasteiger partial charge is 0.493 e. The first-order valence-corrected chi connectivity index (χ1v) is 5.42. The Labute approximate surface area is 104 Å². The highest BCUT2D eigenvalue weighted by molar-refractivity contribution is 6.09. The molecule has 0 saturated heterocycles. The number of nitrogens with zero attached hydrogens (tertiary/aromatic N) is 2. The van der Waals surface area contributed by atoms with E-state index in [1.54, 1.807) is 26.1 Å². The summed E-state index contributed by atoms with van der Waals surface area (Å²) in [7, 11) is 3.06. The minimum Gasteiger partial charge on any atom is -0.493 e. The number of aryl methyl sites for hydroxylation is 2. The van der Waals surface area contributed by atoms with Gasteiger partial charge in [-0.25, -0.2) is 4.39 Å². The van der Waals surface area contributed by atoms with E-state index in [9.17, 15) is 9.18 Å². The van der Waals surface area contributed by atoms with E-state index in [1.807, 2.05) is 0 Å². The molecule has 0 N–H and O–H groups in total. The quantitative estimate of drug-likeness (QED) is 0.781. The Balaban J connectivity index is 2.55. The summed E-state index contributed by atoms with van der Waals surface area (Å²) in [4.78, 5) is 12.3. The third kappa shape index (κ3) is 1.88. The van der Waals surface area contributed by atoms with Gasteiger partial charge in [0, 0.05) is 7.05 Å². The lowest BCUT2D eigenvalue weighted by molar-refractivity contribution is 0.102. The summed E-state index contributed by atoms with van der Waals surface area (Å²) in [5, 5.41) is 3.93. The number of benzene rings is 1. The van der Waals surface area contributed by atoms with Crippen molar-refractivity contribution < 1.29 is 13.9 Å². The van der Waals surface area contributed by atoms with Gasteiger partial charge in [-0.15, -0.1) is 0 Å². The molecule has 0 saturated carbocycles. The molecule has 0 aliphatic rings. The summed E-state index contributed by atoms with van der Waals surface area (Å²) >= 11 is 0. The molecular formula is C13H13FN2O2. The van der Waals surface area contributed by atoms with Gasteiger partial charge in [0.05, 0.1) is 18.9 Å². The molecule has 1 aromatic carbocycles. The Kier molecular flexibility index (Phi) is 3.14. The molecule has 1 heterocycles. The molecule has 0 aliphatic carbocycles. The number of methoxy groups -OCH3 is 1. The summed E-state index contributed by atoms with van der Waals surface area (Å²) in [5.41, 5.74) is 0.695. The lowest BCUT2D eigenvalue weighted by Crippen LogP contribution is -2.11. The van der Waals surface area contributed by atoms with Crippen LogP contribution in [-0.2, 0) is 7.05 Å². The van der Waals surface area contributed by atoms with Crippen molar-refractivity contribution in [2.75, 3.05) is 7.11 Å². The van der Waals surface area contributed by atoms with Gasteiger partial charge in [-0.05, 0) is 18.6 Å². The molecular weight excluding hydrogens is 235 g/mol. The Bertz CT molecular complexity index is 605. The van der Waals surface area contributed by atoms with Gasteiger partial charge in [0.2, 0.25) is 5.78 Å². The van der Waals surface area contributed by atoms with Gasteiger partial charge < -0.3 is 4.74 Å². The summed E-state index contributed by atoms with van der Waals surface area (Å²) in [6, 6.07) is 4.72. The SMILES string of the molecule is COc1cnn(C)c1C(=O)c1cccc(C)c1F. The van der Waals surface area contributed by atoms with Gasteiger partial charge in [0.15, 0.2) is 11.4 Å². The van der Waals surface area contributed by atoms with Gasteiger partial charge in [0.1, 0.15) is 5.82 Å². The van der Waals surface area contributed by atoms with Crippen molar-refractivity contribution in [3.8, 4) is 5.75 Å². The zero-order chi connectivity index (χ0) is 13.3. The predicted molar refractivity (Wildman–Crippen MR) is 64.3 cm³/mol. The van der Waals surface area contributed by atoms with E-state index in [0.717, 1.165) is 0 Å². The van der Waals surface area contributed by atoms with Crippen LogP contribution in [0.5, 0.6) is 5.75 Å². The standard InChI is InChI=1S/C13H13FN2O2/c1-8-5-4-6-9(11(8)14)13(17)12-10(18-3)7-15-16(12)2/h4-7H,1-3H3. The third-order valence-corrected chi connectivity index (χ3v) is 2.78. The molecule has 0 amide bonds. The first-order valence-electron chi connectivity index (χ1n) is 5.42. The van der Waals surface area contributed by atoms with Crippen molar-refractivity contribution in [1.82, 2.24) is 9.78 Å². The molecule has 18 heavy (non-hydrogen) atoms. The first kappa shape index (κ1) is 12.3. The van der Waals surface area contributed by atoms with E-state index in [0.29, 0.717) is 11.3 Å². The van der Waals surface area contributed by atoms with E-state index in [-0.39, 0.29) is 11.3 Å². The highest BCUT2D eigenvalue weighted by Gasteiger charge is 2.22. The smallest absolute Gasteiger partial charge is 0.217 e. The average molecular weight is 248 g/mol. The van der Waals surface area contributed by atoms with Crippen LogP contribution in [0, 0.1) is 12.7 Å². The van der Waals surface area contributed by atoms with Crippen molar-refractivity contribution in [1.29, 1.82) is 0 Å². The number of rotatable bonds is 3. The lowest BCUT2D eigenvalue weighted by atomic mass is 10.0. The Morgan fingerprint density at radius 2 is 2.17 bits per heavy atom. The highest BCUT2D eigenvalue weighted by Crippen LogP contribution is 2.22. The van der Waals surface area contributed by atoms with Gasteiger partial charge >= 0.3 is 0 Å². The van der Waals surface area contributed by atoms with E-state index in [2.05, 4.69) is 5.10 Å². The van der Waals surface area contributed by atoms with Crippen molar-refractivity contribution in [3.63, 3.8) is 0 Å². The van der Waals surface area contributed by atoms with Crippen LogP contribution < -0.4 is 4.74 Å². The maximum Gasteiger partial charge on any atom is 0.217 e. The molecule has 0 unspecified atom stereocenters. The molecule has 5 heteroatoms. The van der Waals surface area contributed by atoms with Crippen molar-refractivity contribution in [3.05, 3.63) is 47.0 Å². The normalized spacial score (nSPS) is 10.4. The van der Waals surface area contributed by atoms with Crippen LogP contribution >= 0.6 is 0 Å². The summed E-state index contributed by atoms with van der Waals surface area (Å²) in [6.07, 6.45) is 1.43. The van der Waals surface area contributed by atoms with Crippen LogP contribution in [-0.4, -0.2) is 22.7 Å². The fraction of sp³-hybridized carbons (Fsp3) is 0.231. The molecule has 4 nitrogen and oxygen atoms in total. The second-order valence-electron chi connectivity index (χ2n) is 3.95. The van der Waals surface area contributed by atoms with E-state index < -0.39 is 11.6 Å². The van der Waals surface area contributed by atoms with Crippen LogP contribution in [0.3, 0.4) is 0 Å². The molecule has 1 aromatic heterocycles. The number of ketones is 1. The second-order valence-corrected chi connectivity index (χ2v) is 3.95. The zero-order valence-electron chi connectivity index (χ0n) is 10.4. The molecule has 94 valence electrons. The lowest BCUT2D eigenvalue weighted by Gasteiger charge is -2.06. The van der Waals surface area contributed by atoms with Crippen LogP contribution in [0.1, 0.15) is 21.6 Å². The van der Waals surface area contributed by atoms with E-state index in [1.165, 1.54) is 24.1 Å². The van der Waals surface area contributed by atoms with Gasteiger partial charge in [0.25, 0.3) is 0 Å². The minimum absolute atomic E-state index is 0.0249. The Hall–Kier alpha value is -2.17. The summed E-state index contributed by atoms with van der Waals surface area (Å²) < 4.78 is 20.4. The molecule has 0 radical (unpaired) electrons. The zero-order valence-corrected chi connectivity index (χ0v) is 10.4. The van der Waals surface area contributed by atoms with Crippen LogP contribution in [0.2, 0.25) is 0 Å². The van der Waals surface area contributed by atoms with Crippen molar-refractivity contribution in [2.45, 2.75) is 6.92 Å². The molecule has 0 atom stereocenters. The molecule has 0 bridgehead atoms. The third-order valence-electron chi connectivity index (χ3n) is 2.78. The van der Waals surface area contributed by atoms with Crippen molar-refractivity contribution >= 4 is 5.78 Å². The van der Waals surface area contributed by atoms with Gasteiger partial charge in [-0.2, -0.15) is 5.10 Å². The Morgan fingerprint density at radius 3 is 2.83 bits per heavy atom.